The first-order valence-electron chi connectivity index (χ1n) is 4.62. The smallest absolute Gasteiger partial charge is 0.0513 e. The molecule has 0 unspecified atom stereocenters. The molecule has 0 atom stereocenters. The maximum atomic E-state index is 2.26. The summed E-state index contributed by atoms with van der Waals surface area (Å²) in [5.41, 5.74) is 0. The minimum absolute atomic E-state index is 1.33. The average molecular weight is 248 g/mol. The van der Waals surface area contributed by atoms with Gasteiger partial charge in [-0.2, -0.15) is 0 Å². The van der Waals surface area contributed by atoms with Crippen molar-refractivity contribution < 1.29 is 0 Å². The van der Waals surface area contributed by atoms with Crippen molar-refractivity contribution in [1.82, 2.24) is 0 Å². The minimum Gasteiger partial charge on any atom is -0.144 e. The van der Waals surface area contributed by atoms with E-state index in [4.69, 9.17) is 0 Å². The molecule has 0 fully saturated rings. The quantitative estimate of drug-likeness (QED) is 0.700. The lowest BCUT2D eigenvalue weighted by Gasteiger charge is -1.90. The highest BCUT2D eigenvalue weighted by molar-refractivity contribution is 8.25. The molecule has 0 nitrogen and oxygen atoms in total. The van der Waals surface area contributed by atoms with E-state index in [1.54, 1.807) is 11.3 Å². The Morgan fingerprint density at radius 2 is 1.60 bits per heavy atom. The highest BCUT2D eigenvalue weighted by Gasteiger charge is 2.16. The van der Waals surface area contributed by atoms with Gasteiger partial charge in [0, 0.05) is 14.7 Å². The Morgan fingerprint density at radius 3 is 2.20 bits per heavy atom. The van der Waals surface area contributed by atoms with Gasteiger partial charge < -0.3 is 0 Å². The van der Waals surface area contributed by atoms with Crippen LogP contribution in [0.15, 0.2) is 55.8 Å². The third-order valence-electron chi connectivity index (χ3n) is 2.07. The van der Waals surface area contributed by atoms with Crippen LogP contribution in [0.5, 0.6) is 0 Å². The van der Waals surface area contributed by atoms with Crippen molar-refractivity contribution in [3.63, 3.8) is 0 Å². The molecule has 15 heavy (non-hydrogen) atoms. The SMILES string of the molecule is C(=C1Sc2ccccc2S1)c1cccs1. The van der Waals surface area contributed by atoms with E-state index >= 15 is 0 Å². The highest BCUT2D eigenvalue weighted by Crippen LogP contribution is 2.51. The summed E-state index contributed by atoms with van der Waals surface area (Å²) >= 11 is 5.52. The number of hydrogen-bond donors (Lipinski definition) is 0. The molecule has 0 radical (unpaired) electrons. The van der Waals surface area contributed by atoms with Crippen LogP contribution in [0.3, 0.4) is 0 Å². The zero-order valence-electron chi connectivity index (χ0n) is 7.84. The Kier molecular flexibility index (Phi) is 2.61. The van der Waals surface area contributed by atoms with E-state index in [2.05, 4.69) is 47.9 Å². The molecule has 1 aliphatic heterocycles. The van der Waals surface area contributed by atoms with E-state index in [1.165, 1.54) is 18.9 Å². The summed E-state index contributed by atoms with van der Waals surface area (Å²) in [5.74, 6) is 0. The van der Waals surface area contributed by atoms with Gasteiger partial charge in [-0.25, -0.2) is 0 Å². The topological polar surface area (TPSA) is 0 Å². The van der Waals surface area contributed by atoms with E-state index in [9.17, 15) is 0 Å². The van der Waals surface area contributed by atoms with Crippen LogP contribution in [0.25, 0.3) is 6.08 Å². The fourth-order valence-corrected chi connectivity index (χ4v) is 4.60. The van der Waals surface area contributed by atoms with Crippen LogP contribution in [-0.2, 0) is 0 Å². The number of hydrogen-bond acceptors (Lipinski definition) is 3. The lowest BCUT2D eigenvalue weighted by atomic mass is 10.4. The van der Waals surface area contributed by atoms with Crippen LogP contribution >= 0.6 is 34.9 Å². The van der Waals surface area contributed by atoms with Crippen LogP contribution in [0, 0.1) is 0 Å². The van der Waals surface area contributed by atoms with Gasteiger partial charge in [0.25, 0.3) is 0 Å². The molecule has 0 N–H and O–H groups in total. The third kappa shape index (κ3) is 2.00. The molecule has 0 bridgehead atoms. The van der Waals surface area contributed by atoms with Gasteiger partial charge in [0.15, 0.2) is 0 Å². The first-order chi connectivity index (χ1) is 7.42. The summed E-state index contributed by atoms with van der Waals surface area (Å²) in [5, 5.41) is 2.11. The molecule has 74 valence electrons. The lowest BCUT2D eigenvalue weighted by Crippen LogP contribution is -1.65. The molecule has 3 heteroatoms. The zero-order valence-corrected chi connectivity index (χ0v) is 10.3. The van der Waals surface area contributed by atoms with Crippen LogP contribution in [-0.4, -0.2) is 0 Å². The predicted molar refractivity (Wildman–Crippen MR) is 70.5 cm³/mol. The largest absolute Gasteiger partial charge is 0.144 e. The summed E-state index contributed by atoms with van der Waals surface area (Å²) in [6.45, 7) is 0. The van der Waals surface area contributed by atoms with Crippen molar-refractivity contribution in [3.8, 4) is 0 Å². The van der Waals surface area contributed by atoms with Gasteiger partial charge in [0.2, 0.25) is 0 Å². The molecule has 2 aromatic rings. The highest BCUT2D eigenvalue weighted by atomic mass is 32.2. The Morgan fingerprint density at radius 1 is 0.867 bits per heavy atom. The molecule has 1 aromatic carbocycles. The first kappa shape index (κ1) is 9.58. The van der Waals surface area contributed by atoms with E-state index in [-0.39, 0.29) is 0 Å². The Hall–Kier alpha value is -0.640. The van der Waals surface area contributed by atoms with E-state index < -0.39 is 0 Å². The number of thiophene rings is 1. The second-order valence-corrected chi connectivity index (χ2v) is 6.53. The molecule has 1 aromatic heterocycles. The van der Waals surface area contributed by atoms with Crippen LogP contribution < -0.4 is 0 Å². The normalized spacial score (nSPS) is 14.0. The van der Waals surface area contributed by atoms with Gasteiger partial charge in [-0.05, 0) is 29.7 Å². The molecule has 3 rings (SSSR count). The van der Waals surface area contributed by atoms with Gasteiger partial charge in [0.1, 0.15) is 0 Å². The van der Waals surface area contributed by atoms with Gasteiger partial charge in [-0.1, -0.05) is 41.7 Å². The molecule has 0 spiro atoms. The fraction of sp³-hybridized carbons (Fsp3) is 0. The summed E-state index contributed by atoms with van der Waals surface area (Å²) in [7, 11) is 0. The van der Waals surface area contributed by atoms with E-state index in [0.29, 0.717) is 0 Å². The number of thioether (sulfide) groups is 2. The van der Waals surface area contributed by atoms with Crippen LogP contribution in [0.1, 0.15) is 4.88 Å². The van der Waals surface area contributed by atoms with Crippen molar-refractivity contribution in [2.75, 3.05) is 0 Å². The standard InChI is InChI=1S/C12H8S3/c1-2-6-11-10(5-1)14-12(15-11)8-9-4-3-7-13-9/h1-8H. The minimum atomic E-state index is 1.33. The van der Waals surface area contributed by atoms with Crippen molar-refractivity contribution in [1.29, 1.82) is 0 Å². The molecular weight excluding hydrogens is 240 g/mol. The Labute approximate surface area is 101 Å². The monoisotopic (exact) mass is 248 g/mol. The molecule has 0 saturated heterocycles. The van der Waals surface area contributed by atoms with Crippen molar-refractivity contribution >= 4 is 40.9 Å². The van der Waals surface area contributed by atoms with E-state index in [1.807, 2.05) is 23.5 Å². The second-order valence-electron chi connectivity index (χ2n) is 3.13. The van der Waals surface area contributed by atoms with Gasteiger partial charge in [-0.15, -0.1) is 11.3 Å². The Bertz CT molecular complexity index is 470. The summed E-state index contributed by atoms with van der Waals surface area (Å²) in [6.07, 6.45) is 2.26. The second kappa shape index (κ2) is 4.08. The van der Waals surface area contributed by atoms with Crippen molar-refractivity contribution in [2.24, 2.45) is 0 Å². The summed E-state index contributed by atoms with van der Waals surface area (Å²) in [4.78, 5) is 4.09. The van der Waals surface area contributed by atoms with Crippen molar-refractivity contribution in [2.45, 2.75) is 9.79 Å². The van der Waals surface area contributed by atoms with Crippen LogP contribution in [0.4, 0.5) is 0 Å². The third-order valence-corrected chi connectivity index (χ3v) is 5.31. The molecule has 1 aliphatic rings. The average Bonchev–Trinajstić information content (AvgIpc) is 2.86. The summed E-state index contributed by atoms with van der Waals surface area (Å²) < 4.78 is 1.37. The number of fused-ring (bicyclic) bond motifs is 1. The lowest BCUT2D eigenvalue weighted by molar-refractivity contribution is 1.27. The molecule has 0 amide bonds. The molecule has 0 saturated carbocycles. The number of benzene rings is 1. The van der Waals surface area contributed by atoms with E-state index in [0.717, 1.165) is 0 Å². The first-order valence-corrected chi connectivity index (χ1v) is 7.13. The summed E-state index contributed by atoms with van der Waals surface area (Å²) in [6, 6.07) is 12.8. The molecular formula is C12H8S3. The van der Waals surface area contributed by atoms with Crippen LogP contribution in [0.2, 0.25) is 0 Å². The molecule has 2 heterocycles. The Balaban J connectivity index is 1.90. The van der Waals surface area contributed by atoms with Gasteiger partial charge >= 0.3 is 0 Å². The van der Waals surface area contributed by atoms with Gasteiger partial charge in [-0.3, -0.25) is 0 Å². The number of rotatable bonds is 1. The maximum absolute atomic E-state index is 2.26. The molecule has 0 aliphatic carbocycles. The zero-order chi connectivity index (χ0) is 10.1. The predicted octanol–water partition coefficient (Wildman–Crippen LogP) is 4.94. The van der Waals surface area contributed by atoms with Gasteiger partial charge in [0.05, 0.1) is 4.24 Å². The van der Waals surface area contributed by atoms with Crippen molar-refractivity contribution in [3.05, 3.63) is 50.9 Å². The fourth-order valence-electron chi connectivity index (χ4n) is 1.40. The maximum Gasteiger partial charge on any atom is 0.0513 e.